The van der Waals surface area contributed by atoms with Gasteiger partial charge >= 0.3 is 0 Å². The summed E-state index contributed by atoms with van der Waals surface area (Å²) in [6.45, 7) is 1.00. The molecule has 1 aromatic rings. The van der Waals surface area contributed by atoms with Crippen LogP contribution in [0.3, 0.4) is 0 Å². The molecule has 0 spiro atoms. The zero-order chi connectivity index (χ0) is 17.4. The SMILES string of the molecule is COc1ccc(S(=O)(=O)NCCNC2CCCCCC2)cc1OC.Cl. The lowest BCUT2D eigenvalue weighted by Gasteiger charge is -2.16. The van der Waals surface area contributed by atoms with Crippen molar-refractivity contribution in [2.24, 2.45) is 0 Å². The van der Waals surface area contributed by atoms with Gasteiger partial charge in [0, 0.05) is 25.2 Å². The molecular formula is C17H29ClN2O4S. The average molecular weight is 393 g/mol. The fraction of sp³-hybridized carbons (Fsp3) is 0.647. The molecule has 0 radical (unpaired) electrons. The van der Waals surface area contributed by atoms with Crippen LogP contribution in [0, 0.1) is 0 Å². The third-order valence-electron chi connectivity index (χ3n) is 4.37. The van der Waals surface area contributed by atoms with Crippen LogP contribution < -0.4 is 19.5 Å². The van der Waals surface area contributed by atoms with E-state index in [0.29, 0.717) is 30.6 Å². The van der Waals surface area contributed by atoms with Crippen molar-refractivity contribution < 1.29 is 17.9 Å². The van der Waals surface area contributed by atoms with Gasteiger partial charge in [-0.2, -0.15) is 0 Å². The minimum absolute atomic E-state index is 0. The van der Waals surface area contributed by atoms with Gasteiger partial charge in [-0.25, -0.2) is 13.1 Å². The Bertz CT molecular complexity index is 617. The number of nitrogens with one attached hydrogen (secondary N) is 2. The molecule has 1 aromatic carbocycles. The molecule has 144 valence electrons. The average Bonchev–Trinajstić information content (AvgIpc) is 2.87. The van der Waals surface area contributed by atoms with E-state index < -0.39 is 10.0 Å². The third-order valence-corrected chi connectivity index (χ3v) is 5.83. The molecule has 1 saturated carbocycles. The lowest BCUT2D eigenvalue weighted by molar-refractivity contribution is 0.354. The van der Waals surface area contributed by atoms with Crippen LogP contribution in [0.25, 0.3) is 0 Å². The van der Waals surface area contributed by atoms with E-state index in [2.05, 4.69) is 10.0 Å². The smallest absolute Gasteiger partial charge is 0.240 e. The third kappa shape index (κ3) is 6.66. The zero-order valence-electron chi connectivity index (χ0n) is 14.9. The quantitative estimate of drug-likeness (QED) is 0.525. The summed E-state index contributed by atoms with van der Waals surface area (Å²) in [5.41, 5.74) is 0. The number of hydrogen-bond donors (Lipinski definition) is 2. The molecule has 0 heterocycles. The largest absolute Gasteiger partial charge is 0.493 e. The standard InChI is InChI=1S/C17H28N2O4S.ClH/c1-22-16-10-9-15(13-17(16)23-2)24(20,21)19-12-11-18-14-7-5-3-4-6-8-14;/h9-10,13-14,18-19H,3-8,11-12H2,1-2H3;1H. The van der Waals surface area contributed by atoms with Crippen LogP contribution >= 0.6 is 12.4 Å². The maximum absolute atomic E-state index is 12.4. The fourth-order valence-corrected chi connectivity index (χ4v) is 4.06. The van der Waals surface area contributed by atoms with Gasteiger partial charge in [-0.3, -0.25) is 0 Å². The predicted octanol–water partition coefficient (Wildman–Crippen LogP) is 2.72. The summed E-state index contributed by atoms with van der Waals surface area (Å²) >= 11 is 0. The number of hydrogen-bond acceptors (Lipinski definition) is 5. The molecule has 2 rings (SSSR count). The molecule has 0 aliphatic heterocycles. The first-order valence-electron chi connectivity index (χ1n) is 8.52. The molecule has 1 aliphatic rings. The number of ether oxygens (including phenoxy) is 2. The predicted molar refractivity (Wildman–Crippen MR) is 101 cm³/mol. The molecule has 0 saturated heterocycles. The lowest BCUT2D eigenvalue weighted by Crippen LogP contribution is -2.36. The van der Waals surface area contributed by atoms with Crippen LogP contribution in [0.2, 0.25) is 0 Å². The summed E-state index contributed by atoms with van der Waals surface area (Å²) in [6.07, 6.45) is 7.50. The van der Waals surface area contributed by atoms with Crippen LogP contribution in [0.4, 0.5) is 0 Å². The Morgan fingerprint density at radius 1 is 1.00 bits per heavy atom. The van der Waals surface area contributed by atoms with Gasteiger partial charge in [0.05, 0.1) is 19.1 Å². The van der Waals surface area contributed by atoms with E-state index in [-0.39, 0.29) is 17.3 Å². The van der Waals surface area contributed by atoms with E-state index in [0.717, 1.165) is 0 Å². The molecule has 1 aliphatic carbocycles. The number of benzene rings is 1. The van der Waals surface area contributed by atoms with Crippen molar-refractivity contribution in [3.05, 3.63) is 18.2 Å². The van der Waals surface area contributed by atoms with Crippen LogP contribution in [0.1, 0.15) is 38.5 Å². The Morgan fingerprint density at radius 3 is 2.24 bits per heavy atom. The second-order valence-corrected chi connectivity index (χ2v) is 7.82. The lowest BCUT2D eigenvalue weighted by atomic mass is 10.1. The maximum atomic E-state index is 12.4. The molecule has 1 fully saturated rings. The topological polar surface area (TPSA) is 76.7 Å². The van der Waals surface area contributed by atoms with Crippen molar-refractivity contribution in [2.75, 3.05) is 27.3 Å². The number of halogens is 1. The minimum atomic E-state index is -3.55. The van der Waals surface area contributed by atoms with E-state index in [9.17, 15) is 8.42 Å². The Labute approximate surface area is 157 Å². The molecule has 25 heavy (non-hydrogen) atoms. The fourth-order valence-electron chi connectivity index (χ4n) is 3.01. The molecule has 0 unspecified atom stereocenters. The first-order valence-corrected chi connectivity index (χ1v) is 10.00. The summed E-state index contributed by atoms with van der Waals surface area (Å²) in [5.74, 6) is 0.906. The Balaban J connectivity index is 0.00000312. The summed E-state index contributed by atoms with van der Waals surface area (Å²) in [5, 5.41) is 3.45. The second-order valence-electron chi connectivity index (χ2n) is 6.06. The van der Waals surface area contributed by atoms with Gasteiger partial charge in [0.25, 0.3) is 0 Å². The molecule has 0 aromatic heterocycles. The molecule has 0 atom stereocenters. The van der Waals surface area contributed by atoms with Crippen molar-refractivity contribution in [1.82, 2.24) is 10.0 Å². The minimum Gasteiger partial charge on any atom is -0.493 e. The highest BCUT2D eigenvalue weighted by Gasteiger charge is 2.17. The molecule has 6 nitrogen and oxygen atoms in total. The normalized spacial score (nSPS) is 15.9. The Morgan fingerprint density at radius 2 is 1.64 bits per heavy atom. The summed E-state index contributed by atoms with van der Waals surface area (Å²) in [4.78, 5) is 0.176. The van der Waals surface area contributed by atoms with Crippen LogP contribution in [-0.4, -0.2) is 41.8 Å². The molecule has 2 N–H and O–H groups in total. The van der Waals surface area contributed by atoms with E-state index in [1.54, 1.807) is 6.07 Å². The number of methoxy groups -OCH3 is 2. The van der Waals surface area contributed by atoms with Crippen molar-refractivity contribution >= 4 is 22.4 Å². The molecule has 8 heteroatoms. The summed E-state index contributed by atoms with van der Waals surface area (Å²) < 4.78 is 37.7. The van der Waals surface area contributed by atoms with Gasteiger partial charge in [0.1, 0.15) is 0 Å². The van der Waals surface area contributed by atoms with E-state index in [1.807, 2.05) is 0 Å². The van der Waals surface area contributed by atoms with Gasteiger partial charge in [0.2, 0.25) is 10.0 Å². The Kier molecular flexibility index (Phi) is 9.56. The van der Waals surface area contributed by atoms with E-state index in [4.69, 9.17) is 9.47 Å². The van der Waals surface area contributed by atoms with Crippen LogP contribution in [0.15, 0.2) is 23.1 Å². The van der Waals surface area contributed by atoms with Crippen molar-refractivity contribution in [3.63, 3.8) is 0 Å². The number of sulfonamides is 1. The monoisotopic (exact) mass is 392 g/mol. The first kappa shape index (κ1) is 22.0. The maximum Gasteiger partial charge on any atom is 0.240 e. The molecular weight excluding hydrogens is 364 g/mol. The van der Waals surface area contributed by atoms with Crippen LogP contribution in [0.5, 0.6) is 11.5 Å². The van der Waals surface area contributed by atoms with Crippen molar-refractivity contribution in [1.29, 1.82) is 0 Å². The zero-order valence-corrected chi connectivity index (χ0v) is 16.5. The Hall–Kier alpha value is -1.02. The molecule has 0 amide bonds. The van der Waals surface area contributed by atoms with Gasteiger partial charge in [-0.05, 0) is 25.0 Å². The highest BCUT2D eigenvalue weighted by molar-refractivity contribution is 7.89. The van der Waals surface area contributed by atoms with Crippen molar-refractivity contribution in [3.8, 4) is 11.5 Å². The van der Waals surface area contributed by atoms with Gasteiger partial charge < -0.3 is 14.8 Å². The summed E-state index contributed by atoms with van der Waals surface area (Å²) in [7, 11) is -0.552. The van der Waals surface area contributed by atoms with Gasteiger partial charge in [-0.1, -0.05) is 25.7 Å². The summed E-state index contributed by atoms with van der Waals surface area (Å²) in [6, 6.07) is 5.09. The molecule has 0 bridgehead atoms. The van der Waals surface area contributed by atoms with Gasteiger partial charge in [0.15, 0.2) is 11.5 Å². The van der Waals surface area contributed by atoms with E-state index >= 15 is 0 Å². The first-order chi connectivity index (χ1) is 11.6. The highest BCUT2D eigenvalue weighted by Crippen LogP contribution is 2.29. The van der Waals surface area contributed by atoms with E-state index in [1.165, 1.54) is 64.9 Å². The van der Waals surface area contributed by atoms with Gasteiger partial charge in [-0.15, -0.1) is 12.4 Å². The second kappa shape index (κ2) is 10.9. The van der Waals surface area contributed by atoms with Crippen LogP contribution in [-0.2, 0) is 10.0 Å². The highest BCUT2D eigenvalue weighted by atomic mass is 35.5. The number of rotatable bonds is 8. The van der Waals surface area contributed by atoms with Crippen molar-refractivity contribution in [2.45, 2.75) is 49.5 Å².